The van der Waals surface area contributed by atoms with E-state index in [-0.39, 0.29) is 22.9 Å². The summed E-state index contributed by atoms with van der Waals surface area (Å²) in [5, 5.41) is 0. The van der Waals surface area contributed by atoms with Crippen LogP contribution in [0.1, 0.15) is 102 Å². The second-order valence-electron chi connectivity index (χ2n) is 13.3. The average Bonchev–Trinajstić information content (AvgIpc) is 3.14. The molecule has 7 nitrogen and oxygen atoms in total. The van der Waals surface area contributed by atoms with Crippen LogP contribution in [-0.4, -0.2) is 48.5 Å². The van der Waals surface area contributed by atoms with Crippen molar-refractivity contribution in [3.05, 3.63) is 58.8 Å². The van der Waals surface area contributed by atoms with Crippen molar-refractivity contribution in [2.24, 2.45) is 5.41 Å². The van der Waals surface area contributed by atoms with Gasteiger partial charge in [-0.05, 0) is 106 Å². The van der Waals surface area contributed by atoms with Crippen LogP contribution in [0.3, 0.4) is 0 Å². The molecule has 1 aromatic heterocycles. The molecule has 1 N–H and O–H groups in total. The second kappa shape index (κ2) is 10.5. The third-order valence-electron chi connectivity index (χ3n) is 10.4. The zero-order valence-corrected chi connectivity index (χ0v) is 25.2. The Morgan fingerprint density at radius 1 is 1.07 bits per heavy atom. The summed E-state index contributed by atoms with van der Waals surface area (Å²) in [5.41, 5.74) is 5.82. The molecule has 3 fully saturated rings. The van der Waals surface area contributed by atoms with Crippen LogP contribution in [-0.2, 0) is 10.0 Å². The molecule has 1 unspecified atom stereocenters. The molecule has 0 amide bonds. The largest absolute Gasteiger partial charge is 0.473 e. The minimum Gasteiger partial charge on any atom is -0.473 e. The van der Waals surface area contributed by atoms with Gasteiger partial charge >= 0.3 is 0 Å². The number of benzene rings is 1. The van der Waals surface area contributed by atoms with E-state index in [1.54, 1.807) is 6.07 Å². The average molecular weight is 575 g/mol. The molecule has 2 aliphatic heterocycles. The van der Waals surface area contributed by atoms with Crippen molar-refractivity contribution in [3.63, 3.8) is 0 Å². The van der Waals surface area contributed by atoms with Gasteiger partial charge in [-0.25, -0.2) is 18.1 Å². The summed E-state index contributed by atoms with van der Waals surface area (Å²) in [4.78, 5) is 12.3. The zero-order chi connectivity index (χ0) is 28.2. The van der Waals surface area contributed by atoms with E-state index >= 15 is 0 Å². The molecule has 0 radical (unpaired) electrons. The quantitative estimate of drug-likeness (QED) is 0.423. The van der Waals surface area contributed by atoms with E-state index in [0.717, 1.165) is 55.5 Å². The Morgan fingerprint density at radius 3 is 2.71 bits per heavy atom. The molecule has 5 aliphatic rings. The van der Waals surface area contributed by atoms with Gasteiger partial charge in [0, 0.05) is 24.2 Å². The minimum absolute atomic E-state index is 0.0428. The lowest BCUT2D eigenvalue weighted by Crippen LogP contribution is -2.53. The van der Waals surface area contributed by atoms with E-state index in [9.17, 15) is 8.42 Å². The van der Waals surface area contributed by atoms with Gasteiger partial charge in [-0.15, -0.1) is 0 Å². The number of allylic oxidation sites excluding steroid dienone is 4. The van der Waals surface area contributed by atoms with Crippen molar-refractivity contribution < 1.29 is 13.2 Å². The summed E-state index contributed by atoms with van der Waals surface area (Å²) < 4.78 is 36.4. The predicted molar refractivity (Wildman–Crippen MR) is 161 cm³/mol. The fourth-order valence-electron chi connectivity index (χ4n) is 8.25. The lowest BCUT2D eigenvalue weighted by molar-refractivity contribution is -0.0338. The van der Waals surface area contributed by atoms with Gasteiger partial charge in [-0.3, -0.25) is 4.90 Å². The first-order valence-corrected chi connectivity index (χ1v) is 17.1. The predicted octanol–water partition coefficient (Wildman–Crippen LogP) is 6.84. The molecular weight excluding hydrogens is 532 g/mol. The molecule has 7 rings (SSSR count). The third kappa shape index (κ3) is 5.34. The SMILES string of the molecule is CC1=CCCC(C)=C1c1cc2nc(n1)NS(=O)(=O)c1cccc(c1)C1CCN(C3CC4(CCCCC4)C3)C[C@H](C1)O2. The lowest BCUT2D eigenvalue weighted by atomic mass is 9.58. The van der Waals surface area contributed by atoms with E-state index in [4.69, 9.17) is 9.72 Å². The Kier molecular flexibility index (Phi) is 6.97. The van der Waals surface area contributed by atoms with Crippen molar-refractivity contribution in [1.29, 1.82) is 0 Å². The summed E-state index contributed by atoms with van der Waals surface area (Å²) in [5.74, 6) is 0.721. The second-order valence-corrected chi connectivity index (χ2v) is 14.9. The van der Waals surface area contributed by atoms with Crippen LogP contribution in [0.4, 0.5) is 5.95 Å². The van der Waals surface area contributed by atoms with Crippen LogP contribution in [0.15, 0.2) is 52.4 Å². The highest BCUT2D eigenvalue weighted by atomic mass is 32.2. The number of hydrogen-bond donors (Lipinski definition) is 1. The number of nitrogens with zero attached hydrogens (tertiary/aromatic N) is 3. The smallest absolute Gasteiger partial charge is 0.264 e. The highest BCUT2D eigenvalue weighted by Gasteiger charge is 2.47. The molecule has 41 heavy (non-hydrogen) atoms. The Morgan fingerprint density at radius 2 is 1.90 bits per heavy atom. The van der Waals surface area contributed by atoms with Crippen molar-refractivity contribution in [2.45, 2.75) is 107 Å². The van der Waals surface area contributed by atoms with Gasteiger partial charge in [0.1, 0.15) is 6.10 Å². The number of rotatable bonds is 2. The highest BCUT2D eigenvalue weighted by molar-refractivity contribution is 7.92. The topological polar surface area (TPSA) is 84.4 Å². The van der Waals surface area contributed by atoms with Crippen molar-refractivity contribution in [1.82, 2.24) is 14.9 Å². The maximum absolute atomic E-state index is 13.5. The monoisotopic (exact) mass is 574 g/mol. The molecule has 218 valence electrons. The number of hydrogen-bond acceptors (Lipinski definition) is 6. The van der Waals surface area contributed by atoms with E-state index in [1.165, 1.54) is 50.5 Å². The fraction of sp³-hybridized carbons (Fsp3) is 0.576. The minimum atomic E-state index is -3.86. The fourth-order valence-corrected chi connectivity index (χ4v) is 9.24. The van der Waals surface area contributed by atoms with Crippen LogP contribution >= 0.6 is 0 Å². The molecule has 1 aromatic carbocycles. The van der Waals surface area contributed by atoms with E-state index in [0.29, 0.717) is 23.0 Å². The highest BCUT2D eigenvalue weighted by Crippen LogP contribution is 2.53. The maximum Gasteiger partial charge on any atom is 0.264 e. The summed E-state index contributed by atoms with van der Waals surface area (Å²) in [7, 11) is -3.86. The molecule has 2 aromatic rings. The van der Waals surface area contributed by atoms with E-state index in [1.807, 2.05) is 18.2 Å². The number of fused-ring (bicyclic) bond motifs is 7. The molecule has 3 aliphatic carbocycles. The number of likely N-dealkylation sites (tertiary alicyclic amines) is 1. The first-order chi connectivity index (χ1) is 19.8. The maximum atomic E-state index is 13.5. The number of sulfonamides is 1. The van der Waals surface area contributed by atoms with Gasteiger partial charge in [-0.1, -0.05) is 43.0 Å². The Bertz CT molecular complexity index is 1500. The van der Waals surface area contributed by atoms with Gasteiger partial charge in [0.2, 0.25) is 11.8 Å². The molecule has 6 bridgehead atoms. The lowest BCUT2D eigenvalue weighted by Gasteiger charge is -2.54. The molecule has 8 heteroatoms. The number of ether oxygens (including phenoxy) is 1. The third-order valence-corrected chi connectivity index (χ3v) is 11.7. The number of anilines is 1. The first-order valence-electron chi connectivity index (χ1n) is 15.6. The number of nitrogens with one attached hydrogen (secondary N) is 1. The summed E-state index contributed by atoms with van der Waals surface area (Å²) in [6.45, 7) is 6.11. The van der Waals surface area contributed by atoms with Crippen molar-refractivity contribution in [2.75, 3.05) is 17.8 Å². The van der Waals surface area contributed by atoms with Gasteiger partial charge in [0.05, 0.1) is 10.6 Å². The zero-order valence-electron chi connectivity index (χ0n) is 24.4. The van der Waals surface area contributed by atoms with Gasteiger partial charge in [0.15, 0.2) is 0 Å². The normalized spacial score (nSPS) is 29.1. The summed E-state index contributed by atoms with van der Waals surface area (Å²) in [6, 6.07) is 9.96. The van der Waals surface area contributed by atoms with Gasteiger partial charge in [-0.2, -0.15) is 4.98 Å². The Hall–Kier alpha value is -2.71. The molecule has 3 heterocycles. The molecule has 1 spiro atoms. The van der Waals surface area contributed by atoms with E-state index < -0.39 is 10.0 Å². The summed E-state index contributed by atoms with van der Waals surface area (Å²) in [6.07, 6.45) is 15.6. The summed E-state index contributed by atoms with van der Waals surface area (Å²) >= 11 is 0. The van der Waals surface area contributed by atoms with Crippen LogP contribution < -0.4 is 9.46 Å². The molecule has 2 saturated carbocycles. The Balaban J connectivity index is 1.26. The molecular formula is C33H42N4O3S. The number of aromatic nitrogens is 2. The van der Waals surface area contributed by atoms with Crippen molar-refractivity contribution in [3.8, 4) is 5.88 Å². The van der Waals surface area contributed by atoms with Crippen LogP contribution in [0, 0.1) is 5.41 Å². The van der Waals surface area contributed by atoms with Crippen molar-refractivity contribution >= 4 is 21.5 Å². The molecule has 2 atom stereocenters. The molecule has 1 saturated heterocycles. The van der Waals surface area contributed by atoms with Crippen LogP contribution in [0.2, 0.25) is 0 Å². The van der Waals surface area contributed by atoms with Crippen LogP contribution in [0.5, 0.6) is 5.88 Å². The van der Waals surface area contributed by atoms with Crippen LogP contribution in [0.25, 0.3) is 5.57 Å². The van der Waals surface area contributed by atoms with E-state index in [2.05, 4.69) is 40.6 Å². The van der Waals surface area contributed by atoms with Gasteiger partial charge < -0.3 is 4.74 Å². The first kappa shape index (κ1) is 27.1. The van der Waals surface area contributed by atoms with Gasteiger partial charge in [0.25, 0.3) is 10.0 Å². The standard InChI is InChI=1S/C33H42N4O3S/c1-22-8-6-9-23(2)31(22)29-18-30-35-32(34-29)36-41(38,39)28-11-7-10-24(17-28)25-12-15-37(21-27(16-25)40-30)26-19-33(20-26)13-4-3-5-14-33/h7-8,10-11,17-18,25-27H,3-6,9,12-16,19-21H2,1-2H3,(H,34,35,36)/t25?,27-/m0/s1. The Labute approximate surface area is 244 Å².